The summed E-state index contributed by atoms with van der Waals surface area (Å²) in [6.45, 7) is 2.69. The molecule has 0 saturated carbocycles. The standard InChI is InChI=1S/C18H20N2O3S/c1-2-10-23-12-8-6-11(7-9-12)17(22)20-18-15(16(19)21)13-4-3-5-14(13)24-18/h6-9H,2-5,10H2,1H3,(H2,19,21)(H,20,22). The van der Waals surface area contributed by atoms with Gasteiger partial charge in [-0.2, -0.15) is 0 Å². The average Bonchev–Trinajstić information content (AvgIpc) is 3.13. The first-order chi connectivity index (χ1) is 11.6. The monoisotopic (exact) mass is 344 g/mol. The number of hydrogen-bond donors (Lipinski definition) is 2. The lowest BCUT2D eigenvalue weighted by Crippen LogP contribution is -2.17. The number of ether oxygens (including phenoxy) is 1. The lowest BCUT2D eigenvalue weighted by atomic mass is 10.1. The molecule has 0 aliphatic heterocycles. The first kappa shape index (κ1) is 16.5. The Labute approximate surface area is 144 Å². The van der Waals surface area contributed by atoms with Gasteiger partial charge in [-0.3, -0.25) is 9.59 Å². The third-order valence-electron chi connectivity index (χ3n) is 3.98. The molecule has 0 spiro atoms. The van der Waals surface area contributed by atoms with Gasteiger partial charge in [0, 0.05) is 10.4 Å². The third kappa shape index (κ3) is 3.28. The molecular weight excluding hydrogens is 324 g/mol. The fraction of sp³-hybridized carbons (Fsp3) is 0.333. The van der Waals surface area contributed by atoms with Crippen molar-refractivity contribution >= 4 is 28.2 Å². The highest BCUT2D eigenvalue weighted by molar-refractivity contribution is 7.17. The second kappa shape index (κ2) is 7.05. The van der Waals surface area contributed by atoms with Crippen LogP contribution in [-0.4, -0.2) is 18.4 Å². The van der Waals surface area contributed by atoms with Crippen LogP contribution in [0, 0.1) is 0 Å². The number of aryl methyl sites for hydroxylation is 1. The van der Waals surface area contributed by atoms with Crippen LogP contribution < -0.4 is 15.8 Å². The van der Waals surface area contributed by atoms with Gasteiger partial charge in [0.15, 0.2) is 0 Å². The van der Waals surface area contributed by atoms with Gasteiger partial charge in [0.25, 0.3) is 11.8 Å². The quantitative estimate of drug-likeness (QED) is 0.843. The van der Waals surface area contributed by atoms with E-state index in [1.54, 1.807) is 24.3 Å². The number of primary amides is 1. The molecule has 2 amide bonds. The van der Waals surface area contributed by atoms with Gasteiger partial charge in [-0.25, -0.2) is 0 Å². The molecule has 1 aromatic heterocycles. The highest BCUT2D eigenvalue weighted by Crippen LogP contribution is 2.39. The molecule has 1 aliphatic carbocycles. The number of fused-ring (bicyclic) bond motifs is 1. The Kier molecular flexibility index (Phi) is 4.85. The Morgan fingerprint density at radius 3 is 2.67 bits per heavy atom. The molecule has 1 aliphatic rings. The molecule has 24 heavy (non-hydrogen) atoms. The summed E-state index contributed by atoms with van der Waals surface area (Å²) in [5, 5.41) is 3.40. The molecule has 0 saturated heterocycles. The van der Waals surface area contributed by atoms with Crippen molar-refractivity contribution in [1.82, 2.24) is 0 Å². The van der Waals surface area contributed by atoms with Gasteiger partial charge >= 0.3 is 0 Å². The predicted octanol–water partition coefficient (Wildman–Crippen LogP) is 3.38. The summed E-state index contributed by atoms with van der Waals surface area (Å²) in [5.74, 6) is 0.00815. The zero-order valence-electron chi connectivity index (χ0n) is 13.6. The van der Waals surface area contributed by atoms with Gasteiger partial charge in [-0.15, -0.1) is 11.3 Å². The maximum absolute atomic E-state index is 12.4. The molecule has 0 fully saturated rings. The lowest BCUT2D eigenvalue weighted by molar-refractivity contribution is 0.100. The van der Waals surface area contributed by atoms with Crippen LogP contribution in [0.15, 0.2) is 24.3 Å². The van der Waals surface area contributed by atoms with E-state index in [0.29, 0.717) is 22.7 Å². The number of carbonyl (C=O) groups is 2. The smallest absolute Gasteiger partial charge is 0.256 e. The van der Waals surface area contributed by atoms with E-state index in [1.165, 1.54) is 11.3 Å². The Morgan fingerprint density at radius 1 is 1.25 bits per heavy atom. The number of nitrogens with one attached hydrogen (secondary N) is 1. The predicted molar refractivity (Wildman–Crippen MR) is 95.0 cm³/mol. The number of thiophene rings is 1. The molecule has 126 valence electrons. The van der Waals surface area contributed by atoms with Crippen molar-refractivity contribution in [1.29, 1.82) is 0 Å². The van der Waals surface area contributed by atoms with Crippen molar-refractivity contribution in [3.63, 3.8) is 0 Å². The van der Waals surface area contributed by atoms with Gasteiger partial charge in [-0.05, 0) is 55.5 Å². The van der Waals surface area contributed by atoms with Gasteiger partial charge in [0.05, 0.1) is 12.2 Å². The number of hydrogen-bond acceptors (Lipinski definition) is 4. The normalized spacial score (nSPS) is 12.7. The van der Waals surface area contributed by atoms with Crippen molar-refractivity contribution in [3.05, 3.63) is 45.8 Å². The van der Waals surface area contributed by atoms with Crippen LogP contribution >= 0.6 is 11.3 Å². The molecule has 3 rings (SSSR count). The van der Waals surface area contributed by atoms with Crippen molar-refractivity contribution in [3.8, 4) is 5.75 Å². The van der Waals surface area contributed by atoms with Crippen LogP contribution in [-0.2, 0) is 12.8 Å². The second-order valence-electron chi connectivity index (χ2n) is 5.75. The van der Waals surface area contributed by atoms with Crippen molar-refractivity contribution in [2.45, 2.75) is 32.6 Å². The minimum atomic E-state index is -0.479. The van der Waals surface area contributed by atoms with Crippen molar-refractivity contribution in [2.75, 3.05) is 11.9 Å². The van der Waals surface area contributed by atoms with E-state index in [-0.39, 0.29) is 5.91 Å². The van der Waals surface area contributed by atoms with Crippen molar-refractivity contribution in [2.24, 2.45) is 5.73 Å². The van der Waals surface area contributed by atoms with E-state index in [9.17, 15) is 9.59 Å². The second-order valence-corrected chi connectivity index (χ2v) is 6.86. The maximum atomic E-state index is 12.4. The summed E-state index contributed by atoms with van der Waals surface area (Å²) >= 11 is 1.46. The minimum absolute atomic E-state index is 0.250. The molecule has 3 N–H and O–H groups in total. The summed E-state index contributed by atoms with van der Waals surface area (Å²) in [4.78, 5) is 25.4. The van der Waals surface area contributed by atoms with Crippen LogP contribution in [0.1, 0.15) is 50.9 Å². The average molecular weight is 344 g/mol. The molecule has 6 heteroatoms. The zero-order valence-corrected chi connectivity index (χ0v) is 14.4. The summed E-state index contributed by atoms with van der Waals surface area (Å²) < 4.78 is 5.51. The van der Waals surface area contributed by atoms with E-state index in [4.69, 9.17) is 10.5 Å². The molecule has 0 unspecified atom stereocenters. The molecular formula is C18H20N2O3S. The van der Waals surface area contributed by atoms with Crippen LogP contribution in [0.4, 0.5) is 5.00 Å². The Hall–Kier alpha value is -2.34. The van der Waals surface area contributed by atoms with Gasteiger partial charge in [0.1, 0.15) is 10.8 Å². The molecule has 0 bridgehead atoms. The molecule has 1 aromatic carbocycles. The van der Waals surface area contributed by atoms with Crippen LogP contribution in [0.3, 0.4) is 0 Å². The molecule has 0 radical (unpaired) electrons. The maximum Gasteiger partial charge on any atom is 0.256 e. The molecule has 0 atom stereocenters. The van der Waals surface area contributed by atoms with E-state index in [2.05, 4.69) is 5.32 Å². The van der Waals surface area contributed by atoms with Crippen LogP contribution in [0.25, 0.3) is 0 Å². The van der Waals surface area contributed by atoms with Crippen LogP contribution in [0.2, 0.25) is 0 Å². The first-order valence-corrected chi connectivity index (χ1v) is 8.90. The fourth-order valence-corrected chi connectivity index (χ4v) is 4.14. The molecule has 2 aromatic rings. The highest BCUT2D eigenvalue weighted by atomic mass is 32.1. The lowest BCUT2D eigenvalue weighted by Gasteiger charge is -2.08. The number of amides is 2. The van der Waals surface area contributed by atoms with E-state index in [0.717, 1.165) is 41.9 Å². The van der Waals surface area contributed by atoms with E-state index in [1.807, 2.05) is 6.92 Å². The minimum Gasteiger partial charge on any atom is -0.494 e. The molecule has 1 heterocycles. The van der Waals surface area contributed by atoms with E-state index < -0.39 is 5.91 Å². The Bertz CT molecular complexity index is 765. The topological polar surface area (TPSA) is 81.4 Å². The molecule has 5 nitrogen and oxygen atoms in total. The van der Waals surface area contributed by atoms with Gasteiger partial charge < -0.3 is 15.8 Å². The fourth-order valence-electron chi connectivity index (χ4n) is 2.85. The third-order valence-corrected chi connectivity index (χ3v) is 5.19. The summed E-state index contributed by atoms with van der Waals surface area (Å²) in [6.07, 6.45) is 3.76. The van der Waals surface area contributed by atoms with Crippen molar-refractivity contribution < 1.29 is 14.3 Å². The largest absolute Gasteiger partial charge is 0.494 e. The zero-order chi connectivity index (χ0) is 17.1. The Morgan fingerprint density at radius 2 is 2.00 bits per heavy atom. The van der Waals surface area contributed by atoms with Gasteiger partial charge in [0.2, 0.25) is 0 Å². The number of benzene rings is 1. The number of carbonyl (C=O) groups excluding carboxylic acids is 2. The summed E-state index contributed by atoms with van der Waals surface area (Å²) in [7, 11) is 0. The highest BCUT2D eigenvalue weighted by Gasteiger charge is 2.26. The first-order valence-electron chi connectivity index (χ1n) is 8.08. The van der Waals surface area contributed by atoms with E-state index >= 15 is 0 Å². The number of anilines is 1. The summed E-state index contributed by atoms with van der Waals surface area (Å²) in [5.41, 5.74) is 7.51. The number of nitrogens with two attached hydrogens (primary N) is 1. The summed E-state index contributed by atoms with van der Waals surface area (Å²) in [6, 6.07) is 6.97. The SMILES string of the molecule is CCCOc1ccc(C(=O)Nc2sc3c(c2C(N)=O)CCC3)cc1. The van der Waals surface area contributed by atoms with Gasteiger partial charge in [-0.1, -0.05) is 6.92 Å². The van der Waals surface area contributed by atoms with Crippen LogP contribution in [0.5, 0.6) is 5.75 Å². The number of rotatable bonds is 6. The Balaban J connectivity index is 1.77.